The van der Waals surface area contributed by atoms with Crippen LogP contribution in [0, 0.1) is 5.82 Å². The molecule has 7 heterocycles. The highest BCUT2D eigenvalue weighted by molar-refractivity contribution is 7.22. The van der Waals surface area contributed by atoms with E-state index in [2.05, 4.69) is 20.1 Å². The lowest BCUT2D eigenvalue weighted by molar-refractivity contribution is 0.107. The molecule has 0 amide bonds. The zero-order chi connectivity index (χ0) is 29.9. The van der Waals surface area contributed by atoms with E-state index in [9.17, 15) is 4.39 Å². The highest BCUT2D eigenvalue weighted by Gasteiger charge is 2.50. The molecule has 5 aliphatic heterocycles. The predicted molar refractivity (Wildman–Crippen MR) is 170 cm³/mol. The van der Waals surface area contributed by atoms with Crippen LogP contribution in [0.4, 0.5) is 19.6 Å². The molecular weight excluding hydrogens is 629 g/mol. The van der Waals surface area contributed by atoms with E-state index in [0.717, 1.165) is 36.9 Å². The number of aromatic nitrogens is 2. The number of fused-ring (bicyclic) bond motifs is 7. The van der Waals surface area contributed by atoms with Crippen molar-refractivity contribution in [2.24, 2.45) is 0 Å². The molecular formula is C31H30Cl2F2N6O2S. The molecule has 2 bridgehead atoms. The first kappa shape index (κ1) is 27.6. The summed E-state index contributed by atoms with van der Waals surface area (Å²) in [5.74, 6) is 0.248. The van der Waals surface area contributed by atoms with Crippen LogP contribution in [0.5, 0.6) is 11.8 Å². The maximum Gasteiger partial charge on any atom is 0.319 e. The Labute approximate surface area is 266 Å². The van der Waals surface area contributed by atoms with Gasteiger partial charge < -0.3 is 25.4 Å². The van der Waals surface area contributed by atoms with E-state index in [-0.39, 0.29) is 46.8 Å². The number of rotatable bonds is 4. The molecule has 13 heteroatoms. The standard InChI is InChI=1S/C31H30Cl2F2N6O2S/c32-17-3-5-20-16(8-21(36)44-20)22(17)23-25(33)28-24-27(26(23)35)38-30(43-13-31-6-1-7-40(31)10-14(34)9-31)39-29(24)41-11-15-2-4-18(37-15)19(41)12-42-28/h3,5,8,14-15,18-19,37H,1-2,4,6-7,9-13,36H2/t14-,15-,18+,19-,31+/m1/s1. The Morgan fingerprint density at radius 1 is 1.20 bits per heavy atom. The summed E-state index contributed by atoms with van der Waals surface area (Å²) < 4.78 is 45.3. The monoisotopic (exact) mass is 658 g/mol. The minimum absolute atomic E-state index is 0.0376. The van der Waals surface area contributed by atoms with Gasteiger partial charge in [-0.05, 0) is 50.4 Å². The van der Waals surface area contributed by atoms with Crippen molar-refractivity contribution >= 4 is 66.3 Å². The highest BCUT2D eigenvalue weighted by atomic mass is 35.5. The first-order chi connectivity index (χ1) is 21.3. The molecule has 9 rings (SSSR count). The smallest absolute Gasteiger partial charge is 0.319 e. The first-order valence-corrected chi connectivity index (χ1v) is 16.7. The number of hydrogen-bond donors (Lipinski definition) is 2. The van der Waals surface area contributed by atoms with E-state index in [1.807, 2.05) is 6.07 Å². The number of ether oxygens (including phenoxy) is 2. The molecule has 4 saturated heterocycles. The summed E-state index contributed by atoms with van der Waals surface area (Å²) in [7, 11) is 0. The van der Waals surface area contributed by atoms with E-state index in [4.69, 9.17) is 43.4 Å². The number of nitrogens with one attached hydrogen (secondary N) is 1. The summed E-state index contributed by atoms with van der Waals surface area (Å²) in [6, 6.07) is 5.89. The van der Waals surface area contributed by atoms with E-state index >= 15 is 4.39 Å². The van der Waals surface area contributed by atoms with Crippen molar-refractivity contribution in [1.29, 1.82) is 0 Å². The Morgan fingerprint density at radius 2 is 2.09 bits per heavy atom. The Morgan fingerprint density at radius 3 is 2.98 bits per heavy atom. The van der Waals surface area contributed by atoms with Crippen LogP contribution in [-0.2, 0) is 0 Å². The molecule has 0 aliphatic carbocycles. The number of hydrogen-bond acceptors (Lipinski definition) is 9. The average Bonchev–Trinajstić information content (AvgIpc) is 3.73. The summed E-state index contributed by atoms with van der Waals surface area (Å²) in [6.07, 6.45) is 3.41. The Bertz CT molecular complexity index is 1860. The molecule has 4 fully saturated rings. The summed E-state index contributed by atoms with van der Waals surface area (Å²) in [5, 5.41) is 5.86. The van der Waals surface area contributed by atoms with Gasteiger partial charge in [0.05, 0.1) is 27.0 Å². The number of nitrogens with zero attached hydrogens (tertiary/aromatic N) is 4. The van der Waals surface area contributed by atoms with Gasteiger partial charge in [-0.1, -0.05) is 23.2 Å². The van der Waals surface area contributed by atoms with Crippen molar-refractivity contribution in [3.8, 4) is 22.9 Å². The normalized spacial score (nSPS) is 29.2. The number of anilines is 2. The molecule has 230 valence electrons. The van der Waals surface area contributed by atoms with Crippen LogP contribution in [0.15, 0.2) is 18.2 Å². The molecule has 0 spiro atoms. The summed E-state index contributed by atoms with van der Waals surface area (Å²) >= 11 is 15.3. The summed E-state index contributed by atoms with van der Waals surface area (Å²) in [5.41, 5.74) is 6.35. The third-order valence-corrected chi connectivity index (χ3v) is 11.9. The van der Waals surface area contributed by atoms with E-state index in [0.29, 0.717) is 64.0 Å². The number of thiophene rings is 1. The van der Waals surface area contributed by atoms with Gasteiger partial charge in [-0.25, -0.2) is 8.78 Å². The molecule has 3 N–H and O–H groups in total. The molecule has 5 aliphatic rings. The van der Waals surface area contributed by atoms with E-state index in [1.54, 1.807) is 12.1 Å². The second kappa shape index (κ2) is 9.90. The fourth-order valence-corrected chi connectivity index (χ4v) is 9.80. The molecule has 0 saturated carbocycles. The zero-order valence-corrected chi connectivity index (χ0v) is 26.0. The fourth-order valence-electron chi connectivity index (χ4n) is 8.37. The van der Waals surface area contributed by atoms with Gasteiger partial charge in [0, 0.05) is 57.8 Å². The summed E-state index contributed by atoms with van der Waals surface area (Å²) in [6.45, 7) is 2.52. The second-order valence-corrected chi connectivity index (χ2v) is 14.7. The van der Waals surface area contributed by atoms with Gasteiger partial charge in [-0.15, -0.1) is 11.3 Å². The Kier molecular flexibility index (Phi) is 6.21. The van der Waals surface area contributed by atoms with Gasteiger partial charge in [0.1, 0.15) is 30.7 Å². The third kappa shape index (κ3) is 3.98. The van der Waals surface area contributed by atoms with Gasteiger partial charge >= 0.3 is 6.01 Å². The molecule has 0 radical (unpaired) electrons. The zero-order valence-electron chi connectivity index (χ0n) is 23.7. The molecule has 2 aromatic heterocycles. The van der Waals surface area contributed by atoms with Crippen molar-refractivity contribution in [3.05, 3.63) is 34.1 Å². The quantitative estimate of drug-likeness (QED) is 0.268. The maximum atomic E-state index is 17.1. The lowest BCUT2D eigenvalue weighted by Crippen LogP contribution is -2.60. The number of halogens is 4. The van der Waals surface area contributed by atoms with Crippen LogP contribution < -0.4 is 25.4 Å². The number of nitrogens with two attached hydrogens (primary N) is 1. The van der Waals surface area contributed by atoms with Crippen LogP contribution in [-0.4, -0.2) is 77.6 Å². The second-order valence-electron chi connectivity index (χ2n) is 12.8. The van der Waals surface area contributed by atoms with Crippen molar-refractivity contribution in [1.82, 2.24) is 20.2 Å². The lowest BCUT2D eigenvalue weighted by Gasteiger charge is -2.40. The van der Waals surface area contributed by atoms with Gasteiger partial charge in [0.2, 0.25) is 0 Å². The van der Waals surface area contributed by atoms with E-state index in [1.165, 1.54) is 11.3 Å². The van der Waals surface area contributed by atoms with E-state index < -0.39 is 17.5 Å². The molecule has 4 aromatic rings. The predicted octanol–water partition coefficient (Wildman–Crippen LogP) is 6.20. The van der Waals surface area contributed by atoms with Crippen LogP contribution >= 0.6 is 34.5 Å². The maximum absolute atomic E-state index is 17.1. The molecule has 44 heavy (non-hydrogen) atoms. The van der Waals surface area contributed by atoms with Crippen LogP contribution in [0.1, 0.15) is 32.1 Å². The minimum Gasteiger partial charge on any atom is -0.489 e. The third-order valence-electron chi connectivity index (χ3n) is 10.3. The van der Waals surface area contributed by atoms with Crippen molar-refractivity contribution in [2.75, 3.05) is 43.5 Å². The molecule has 5 atom stereocenters. The van der Waals surface area contributed by atoms with Crippen molar-refractivity contribution < 1.29 is 18.3 Å². The molecule has 8 nitrogen and oxygen atoms in total. The van der Waals surface area contributed by atoms with Gasteiger partial charge in [-0.3, -0.25) is 4.90 Å². The van der Waals surface area contributed by atoms with Crippen molar-refractivity contribution in [2.45, 2.75) is 61.9 Å². The van der Waals surface area contributed by atoms with Gasteiger partial charge in [-0.2, -0.15) is 9.97 Å². The number of benzene rings is 2. The van der Waals surface area contributed by atoms with Crippen LogP contribution in [0.2, 0.25) is 10.0 Å². The highest BCUT2D eigenvalue weighted by Crippen LogP contribution is 2.52. The Balaban J connectivity index is 1.25. The first-order valence-electron chi connectivity index (χ1n) is 15.2. The van der Waals surface area contributed by atoms with Crippen molar-refractivity contribution in [3.63, 3.8) is 0 Å². The number of nitrogen functional groups attached to an aromatic ring is 1. The molecule has 2 aromatic carbocycles. The topological polar surface area (TPSA) is 88.8 Å². The average molecular weight is 660 g/mol. The number of alkyl halides is 1. The van der Waals surface area contributed by atoms with Gasteiger partial charge in [0.25, 0.3) is 0 Å². The largest absolute Gasteiger partial charge is 0.489 e. The minimum atomic E-state index is -0.890. The van der Waals surface area contributed by atoms with Crippen LogP contribution in [0.3, 0.4) is 0 Å². The summed E-state index contributed by atoms with van der Waals surface area (Å²) in [4.78, 5) is 14.0. The lowest BCUT2D eigenvalue weighted by atomic mass is 9.95. The Hall–Kier alpha value is -2.70. The number of piperazine rings is 1. The van der Waals surface area contributed by atoms with Gasteiger partial charge in [0.15, 0.2) is 11.6 Å². The SMILES string of the molecule is Nc1cc2c(-c3c(Cl)c4c5c(nc(OC[C@@]67CCCN6C[C@H](F)C7)nc5c3F)N3C[C@H]5CC[C@H](N5)[C@H]3CO4)c(Cl)ccc2s1. The van der Waals surface area contributed by atoms with Crippen LogP contribution in [0.25, 0.3) is 32.1 Å². The molecule has 0 unspecified atom stereocenters. The fraction of sp³-hybridized carbons (Fsp3) is 0.484.